The Labute approximate surface area is 127 Å². The van der Waals surface area contributed by atoms with Crippen LogP contribution in [0, 0.1) is 10.1 Å². The lowest BCUT2D eigenvalue weighted by atomic mass is 10.1. The van der Waals surface area contributed by atoms with Gasteiger partial charge in [0.2, 0.25) is 0 Å². The maximum atomic E-state index is 12.4. The lowest BCUT2D eigenvalue weighted by Gasteiger charge is -2.21. The Morgan fingerprint density at radius 1 is 1.40 bits per heavy atom. The topological polar surface area (TPSA) is 63.5 Å². The van der Waals surface area contributed by atoms with Gasteiger partial charge in [-0.2, -0.15) is 0 Å². The van der Waals surface area contributed by atoms with Crippen LogP contribution >= 0.6 is 23.2 Å². The normalized spacial score (nSPS) is 10.3. The zero-order chi connectivity index (χ0) is 15.1. The maximum absolute atomic E-state index is 12.4. The van der Waals surface area contributed by atoms with Gasteiger partial charge in [0, 0.05) is 30.1 Å². The highest BCUT2D eigenvalue weighted by Crippen LogP contribution is 2.24. The van der Waals surface area contributed by atoms with Crippen LogP contribution < -0.4 is 0 Å². The van der Waals surface area contributed by atoms with Crippen LogP contribution in [-0.2, 0) is 0 Å². The van der Waals surface area contributed by atoms with Crippen molar-refractivity contribution in [2.75, 3.05) is 19.0 Å². The van der Waals surface area contributed by atoms with Gasteiger partial charge in [-0.3, -0.25) is 14.9 Å². The van der Waals surface area contributed by atoms with E-state index in [9.17, 15) is 14.9 Å². The van der Waals surface area contributed by atoms with E-state index in [1.807, 2.05) is 6.92 Å². The number of carbonyl (C=O) groups is 1. The van der Waals surface area contributed by atoms with Crippen LogP contribution in [0.4, 0.5) is 5.69 Å². The monoisotopic (exact) mass is 318 g/mol. The van der Waals surface area contributed by atoms with E-state index in [0.29, 0.717) is 13.1 Å². The fourth-order valence-electron chi connectivity index (χ4n) is 1.77. The highest BCUT2D eigenvalue weighted by molar-refractivity contribution is 6.31. The molecule has 0 spiro atoms. The van der Waals surface area contributed by atoms with E-state index in [-0.39, 0.29) is 28.1 Å². The molecule has 7 heteroatoms. The van der Waals surface area contributed by atoms with Gasteiger partial charge in [-0.15, -0.1) is 11.6 Å². The molecular weight excluding hydrogens is 303 g/mol. The number of carbonyl (C=O) groups excluding carboxylic acids is 1. The molecule has 1 aromatic rings. The third-order valence-electron chi connectivity index (χ3n) is 2.81. The SMILES string of the molecule is CCCCN(CCCl)C(=O)c1ccc(Cl)cc1[N+](=O)[O-]. The zero-order valence-corrected chi connectivity index (χ0v) is 12.7. The zero-order valence-electron chi connectivity index (χ0n) is 11.1. The lowest BCUT2D eigenvalue weighted by molar-refractivity contribution is -0.385. The summed E-state index contributed by atoms with van der Waals surface area (Å²) in [5.41, 5.74) is -0.237. The Bertz CT molecular complexity index is 495. The molecule has 0 unspecified atom stereocenters. The first-order chi connectivity index (χ1) is 9.51. The second-order valence-electron chi connectivity index (χ2n) is 4.25. The summed E-state index contributed by atoms with van der Waals surface area (Å²) in [6.07, 6.45) is 1.75. The predicted molar refractivity (Wildman–Crippen MR) is 79.6 cm³/mol. The number of alkyl halides is 1. The minimum atomic E-state index is -0.599. The van der Waals surface area contributed by atoms with E-state index in [1.165, 1.54) is 23.1 Å². The first-order valence-corrected chi connectivity index (χ1v) is 7.21. The third kappa shape index (κ3) is 4.35. The van der Waals surface area contributed by atoms with Crippen LogP contribution in [0.3, 0.4) is 0 Å². The van der Waals surface area contributed by atoms with E-state index >= 15 is 0 Å². The van der Waals surface area contributed by atoms with Crippen molar-refractivity contribution in [3.63, 3.8) is 0 Å². The van der Waals surface area contributed by atoms with Crippen molar-refractivity contribution in [2.24, 2.45) is 0 Å². The van der Waals surface area contributed by atoms with E-state index in [1.54, 1.807) is 0 Å². The van der Waals surface area contributed by atoms with Crippen LogP contribution in [-0.4, -0.2) is 34.7 Å². The van der Waals surface area contributed by atoms with E-state index < -0.39 is 4.92 Å². The van der Waals surface area contributed by atoms with Gasteiger partial charge in [0.05, 0.1) is 4.92 Å². The van der Waals surface area contributed by atoms with Gasteiger partial charge in [0.1, 0.15) is 5.56 Å². The summed E-state index contributed by atoms with van der Waals surface area (Å²) in [5, 5.41) is 11.3. The molecule has 0 aliphatic rings. The molecule has 0 radical (unpaired) electrons. The first kappa shape index (κ1) is 16.7. The van der Waals surface area contributed by atoms with Crippen LogP contribution in [0.25, 0.3) is 0 Å². The number of hydrogen-bond donors (Lipinski definition) is 0. The summed E-state index contributed by atoms with van der Waals surface area (Å²) in [6.45, 7) is 2.90. The average molecular weight is 319 g/mol. The standard InChI is InChI=1S/C13H16Cl2N2O3/c1-2-3-7-16(8-6-14)13(18)11-5-4-10(15)9-12(11)17(19)20/h4-5,9H,2-3,6-8H2,1H3. The minimum absolute atomic E-state index is 0.0422. The van der Waals surface area contributed by atoms with Crippen LogP contribution in [0.15, 0.2) is 18.2 Å². The van der Waals surface area contributed by atoms with E-state index in [2.05, 4.69) is 0 Å². The molecule has 1 aromatic carbocycles. The number of rotatable bonds is 7. The van der Waals surface area contributed by atoms with Gasteiger partial charge in [0.25, 0.3) is 11.6 Å². The summed E-state index contributed by atoms with van der Waals surface area (Å²) < 4.78 is 0. The van der Waals surface area contributed by atoms with Crippen LogP contribution in [0.5, 0.6) is 0 Å². The number of unbranched alkanes of at least 4 members (excludes halogenated alkanes) is 1. The molecular formula is C13H16Cl2N2O3. The van der Waals surface area contributed by atoms with Crippen LogP contribution in [0.2, 0.25) is 5.02 Å². The Morgan fingerprint density at radius 3 is 2.65 bits per heavy atom. The molecule has 0 aromatic heterocycles. The molecule has 0 saturated carbocycles. The largest absolute Gasteiger partial charge is 0.337 e. The van der Waals surface area contributed by atoms with Crippen molar-refractivity contribution in [1.82, 2.24) is 4.90 Å². The predicted octanol–water partition coefficient (Wildman–Crippen LogP) is 3.73. The summed E-state index contributed by atoms with van der Waals surface area (Å²) in [5.74, 6) is -0.0981. The molecule has 20 heavy (non-hydrogen) atoms. The van der Waals surface area contributed by atoms with E-state index in [0.717, 1.165) is 12.8 Å². The number of nitrogens with zero attached hydrogens (tertiary/aromatic N) is 2. The molecule has 1 rings (SSSR count). The molecule has 0 fully saturated rings. The molecule has 0 saturated heterocycles. The summed E-state index contributed by atoms with van der Waals surface area (Å²) in [6, 6.07) is 4.05. The Balaban J connectivity index is 3.07. The third-order valence-corrected chi connectivity index (χ3v) is 3.21. The van der Waals surface area contributed by atoms with E-state index in [4.69, 9.17) is 23.2 Å². The van der Waals surface area contributed by atoms with Gasteiger partial charge in [-0.1, -0.05) is 24.9 Å². The fraction of sp³-hybridized carbons (Fsp3) is 0.462. The summed E-state index contributed by atoms with van der Waals surface area (Å²) >= 11 is 11.4. The molecule has 5 nitrogen and oxygen atoms in total. The molecule has 0 aliphatic carbocycles. The molecule has 0 bridgehead atoms. The molecule has 0 atom stereocenters. The van der Waals surface area contributed by atoms with Crippen molar-refractivity contribution >= 4 is 34.8 Å². The number of halogens is 2. The summed E-state index contributed by atoms with van der Waals surface area (Å²) in [7, 11) is 0. The molecule has 0 aliphatic heterocycles. The van der Waals surface area contributed by atoms with Gasteiger partial charge in [0.15, 0.2) is 0 Å². The van der Waals surface area contributed by atoms with Gasteiger partial charge < -0.3 is 4.90 Å². The summed E-state index contributed by atoms with van der Waals surface area (Å²) in [4.78, 5) is 24.4. The number of nitro groups is 1. The Hall–Kier alpha value is -1.33. The van der Waals surface area contributed by atoms with Crippen LogP contribution in [0.1, 0.15) is 30.1 Å². The van der Waals surface area contributed by atoms with Gasteiger partial charge in [-0.25, -0.2) is 0 Å². The highest BCUT2D eigenvalue weighted by atomic mass is 35.5. The Kier molecular flexibility index (Phi) is 6.75. The van der Waals surface area contributed by atoms with Crippen molar-refractivity contribution in [1.29, 1.82) is 0 Å². The Morgan fingerprint density at radius 2 is 2.10 bits per heavy atom. The quantitative estimate of drug-likeness (QED) is 0.437. The number of benzene rings is 1. The molecule has 1 amide bonds. The smallest absolute Gasteiger partial charge is 0.283 e. The molecule has 0 heterocycles. The number of hydrogen-bond acceptors (Lipinski definition) is 3. The maximum Gasteiger partial charge on any atom is 0.283 e. The average Bonchev–Trinajstić information content (AvgIpc) is 2.42. The van der Waals surface area contributed by atoms with Gasteiger partial charge >= 0.3 is 0 Å². The second-order valence-corrected chi connectivity index (χ2v) is 5.07. The molecule has 110 valence electrons. The van der Waals surface area contributed by atoms with Crippen molar-refractivity contribution in [2.45, 2.75) is 19.8 Å². The van der Waals surface area contributed by atoms with Crippen molar-refractivity contribution in [3.05, 3.63) is 38.9 Å². The number of nitro benzene ring substituents is 1. The van der Waals surface area contributed by atoms with Crippen molar-refractivity contribution < 1.29 is 9.72 Å². The fourth-order valence-corrected chi connectivity index (χ4v) is 2.14. The number of amides is 1. The van der Waals surface area contributed by atoms with Crippen molar-refractivity contribution in [3.8, 4) is 0 Å². The minimum Gasteiger partial charge on any atom is -0.337 e. The molecule has 0 N–H and O–H groups in total. The van der Waals surface area contributed by atoms with Gasteiger partial charge in [-0.05, 0) is 18.6 Å². The highest BCUT2D eigenvalue weighted by Gasteiger charge is 2.24. The second kappa shape index (κ2) is 8.07. The first-order valence-electron chi connectivity index (χ1n) is 6.30. The lowest BCUT2D eigenvalue weighted by Crippen LogP contribution is -2.34.